The number of fused-ring (bicyclic) bond motifs is 1. The van der Waals surface area contributed by atoms with Gasteiger partial charge in [-0.15, -0.1) is 0 Å². The van der Waals surface area contributed by atoms with E-state index < -0.39 is 52.4 Å². The molecule has 1 aliphatic rings. The Morgan fingerprint density at radius 1 is 1.24 bits per heavy atom. The van der Waals surface area contributed by atoms with Gasteiger partial charge >= 0.3 is 5.97 Å². The number of nitrogens with one attached hydrogen (secondary N) is 1. The van der Waals surface area contributed by atoms with Crippen molar-refractivity contribution in [2.45, 2.75) is 23.5 Å². The third-order valence-electron chi connectivity index (χ3n) is 6.14. The van der Waals surface area contributed by atoms with Gasteiger partial charge < -0.3 is 24.5 Å². The van der Waals surface area contributed by atoms with E-state index in [2.05, 4.69) is 5.32 Å². The highest BCUT2D eigenvalue weighted by atomic mass is 35.5. The second-order valence-electron chi connectivity index (χ2n) is 9.11. The van der Waals surface area contributed by atoms with Crippen LogP contribution < -0.4 is 5.32 Å². The highest BCUT2D eigenvalue weighted by Gasteiger charge is 2.40. The summed E-state index contributed by atoms with van der Waals surface area (Å²) in [5, 5.41) is 13.9. The number of esters is 1. The summed E-state index contributed by atoms with van der Waals surface area (Å²) in [6.45, 7) is 0.482. The van der Waals surface area contributed by atoms with E-state index in [4.69, 9.17) is 21.1 Å². The maximum absolute atomic E-state index is 13.9. The average Bonchev–Trinajstić information content (AvgIpc) is 3.16. The van der Waals surface area contributed by atoms with E-state index in [0.717, 1.165) is 16.5 Å². The van der Waals surface area contributed by atoms with Crippen LogP contribution in [0.15, 0.2) is 47.4 Å². The molecule has 1 amide bonds. The zero-order valence-corrected chi connectivity index (χ0v) is 21.7. The maximum Gasteiger partial charge on any atom is 0.321 e. The number of carbonyl (C=O) groups excluding carboxylic acids is 2. The van der Waals surface area contributed by atoms with Crippen molar-refractivity contribution in [1.82, 2.24) is 9.88 Å². The number of carbonyl (C=O) groups is 2. The molecule has 0 spiro atoms. The Hall–Kier alpha value is -2.99. The molecule has 1 saturated heterocycles. The first-order chi connectivity index (χ1) is 17.4. The monoisotopic (exact) mass is 552 g/mol. The number of amides is 1. The van der Waals surface area contributed by atoms with Gasteiger partial charge in [0.15, 0.2) is 21.3 Å². The maximum atomic E-state index is 13.9. The summed E-state index contributed by atoms with van der Waals surface area (Å²) >= 11 is 6.33. The summed E-state index contributed by atoms with van der Waals surface area (Å²) in [6.07, 6.45) is 0. The van der Waals surface area contributed by atoms with Gasteiger partial charge in [0.2, 0.25) is 0 Å². The summed E-state index contributed by atoms with van der Waals surface area (Å²) in [7, 11) is -2.32. The standard InChI is InChI=1S/C25H26ClFN2O7S/c1-15-7-19(26)18-9-22(29(2)21(18)8-15)24(32)28-20(10-30)16-3-5-17(6-4-16)37(33,34)11-23(31)36-14-25(27)12-35-13-25/h3-9,20,30H,10-14H2,1-2H3,(H,28,32). The predicted molar refractivity (Wildman–Crippen MR) is 134 cm³/mol. The zero-order valence-electron chi connectivity index (χ0n) is 20.2. The molecular formula is C25H26ClFN2O7S. The molecule has 3 aromatic rings. The first kappa shape index (κ1) is 27.1. The minimum atomic E-state index is -4.05. The van der Waals surface area contributed by atoms with Crippen LogP contribution in [0, 0.1) is 6.92 Å². The number of aromatic nitrogens is 1. The molecule has 2 heterocycles. The van der Waals surface area contributed by atoms with Crippen molar-refractivity contribution in [3.8, 4) is 0 Å². The number of sulfone groups is 1. The van der Waals surface area contributed by atoms with Crippen molar-refractivity contribution in [2.75, 3.05) is 32.2 Å². The molecule has 37 heavy (non-hydrogen) atoms. The summed E-state index contributed by atoms with van der Waals surface area (Å²) in [5.41, 5.74) is 0.742. The number of ether oxygens (including phenoxy) is 2. The lowest BCUT2D eigenvalue weighted by Crippen LogP contribution is -2.49. The Kier molecular flexibility index (Phi) is 7.61. The van der Waals surface area contributed by atoms with Crippen molar-refractivity contribution in [2.24, 2.45) is 7.05 Å². The highest BCUT2D eigenvalue weighted by Crippen LogP contribution is 2.28. The highest BCUT2D eigenvalue weighted by molar-refractivity contribution is 7.92. The molecule has 0 aliphatic carbocycles. The molecule has 1 unspecified atom stereocenters. The van der Waals surface area contributed by atoms with Crippen LogP contribution in [0.2, 0.25) is 5.02 Å². The van der Waals surface area contributed by atoms with Crippen LogP contribution >= 0.6 is 11.6 Å². The number of benzene rings is 2. The molecule has 0 bridgehead atoms. The van der Waals surface area contributed by atoms with Crippen molar-refractivity contribution < 1.29 is 37.0 Å². The second kappa shape index (κ2) is 10.4. The van der Waals surface area contributed by atoms with Crippen LogP contribution in [0.3, 0.4) is 0 Å². The minimum absolute atomic E-state index is 0.156. The van der Waals surface area contributed by atoms with Gasteiger partial charge in [0.05, 0.1) is 41.3 Å². The molecular weight excluding hydrogens is 527 g/mol. The summed E-state index contributed by atoms with van der Waals surface area (Å²) < 4.78 is 50.2. The van der Waals surface area contributed by atoms with Gasteiger partial charge in [-0.2, -0.15) is 0 Å². The molecule has 198 valence electrons. The molecule has 2 aromatic carbocycles. The fraction of sp³-hybridized carbons (Fsp3) is 0.360. The number of alkyl halides is 1. The number of aryl methyl sites for hydroxylation is 2. The number of hydrogen-bond donors (Lipinski definition) is 2. The van der Waals surface area contributed by atoms with E-state index in [-0.39, 0.29) is 18.1 Å². The first-order valence-electron chi connectivity index (χ1n) is 11.3. The fourth-order valence-corrected chi connectivity index (χ4v) is 5.44. The van der Waals surface area contributed by atoms with Gasteiger partial charge in [0.1, 0.15) is 12.3 Å². The predicted octanol–water partition coefficient (Wildman–Crippen LogP) is 2.66. The van der Waals surface area contributed by atoms with E-state index in [1.165, 1.54) is 24.3 Å². The largest absolute Gasteiger partial charge is 0.461 e. The van der Waals surface area contributed by atoms with E-state index in [9.17, 15) is 27.5 Å². The normalized spacial score (nSPS) is 15.7. The number of aliphatic hydroxyl groups is 1. The number of rotatable bonds is 9. The lowest BCUT2D eigenvalue weighted by Gasteiger charge is -2.32. The van der Waals surface area contributed by atoms with Crippen molar-refractivity contribution in [1.29, 1.82) is 0 Å². The number of halogens is 2. The van der Waals surface area contributed by atoms with E-state index in [1.54, 1.807) is 23.7 Å². The van der Waals surface area contributed by atoms with Gasteiger partial charge in [-0.25, -0.2) is 12.8 Å². The summed E-state index contributed by atoms with van der Waals surface area (Å²) in [5.74, 6) is -2.47. The van der Waals surface area contributed by atoms with Crippen LogP contribution in [0.25, 0.3) is 10.9 Å². The molecule has 2 N–H and O–H groups in total. The van der Waals surface area contributed by atoms with E-state index >= 15 is 0 Å². The Labute approximate surface area is 218 Å². The van der Waals surface area contributed by atoms with Crippen LogP contribution in [-0.4, -0.2) is 67.8 Å². The fourth-order valence-electron chi connectivity index (χ4n) is 4.01. The Morgan fingerprint density at radius 3 is 2.51 bits per heavy atom. The molecule has 0 saturated carbocycles. The molecule has 12 heteroatoms. The third kappa shape index (κ3) is 5.80. The van der Waals surface area contributed by atoms with Crippen LogP contribution in [0.4, 0.5) is 4.39 Å². The molecule has 0 radical (unpaired) electrons. The van der Waals surface area contributed by atoms with Gasteiger partial charge in [0, 0.05) is 12.4 Å². The van der Waals surface area contributed by atoms with Crippen LogP contribution in [-0.2, 0) is 31.2 Å². The molecule has 1 aliphatic heterocycles. The first-order valence-corrected chi connectivity index (χ1v) is 13.4. The molecule has 1 aromatic heterocycles. The Balaban J connectivity index is 1.44. The van der Waals surface area contributed by atoms with Crippen LogP contribution in [0.5, 0.6) is 0 Å². The van der Waals surface area contributed by atoms with E-state index in [1.807, 2.05) is 13.0 Å². The molecule has 9 nitrogen and oxygen atoms in total. The number of hydrogen-bond acceptors (Lipinski definition) is 7. The van der Waals surface area contributed by atoms with Crippen molar-refractivity contribution in [3.63, 3.8) is 0 Å². The number of aliphatic hydroxyl groups excluding tert-OH is 1. The van der Waals surface area contributed by atoms with Gasteiger partial charge in [-0.3, -0.25) is 9.59 Å². The van der Waals surface area contributed by atoms with Gasteiger partial charge in [-0.05, 0) is 48.4 Å². The lowest BCUT2D eigenvalue weighted by atomic mass is 10.1. The lowest BCUT2D eigenvalue weighted by molar-refractivity contribution is -0.173. The quantitative estimate of drug-likeness (QED) is 0.391. The Bertz CT molecular complexity index is 1450. The molecule has 1 atom stereocenters. The van der Waals surface area contributed by atoms with Gasteiger partial charge in [-0.1, -0.05) is 23.7 Å². The van der Waals surface area contributed by atoms with Crippen molar-refractivity contribution in [3.05, 3.63) is 64.3 Å². The van der Waals surface area contributed by atoms with E-state index in [0.29, 0.717) is 16.3 Å². The third-order valence-corrected chi connectivity index (χ3v) is 8.06. The summed E-state index contributed by atoms with van der Waals surface area (Å²) in [4.78, 5) is 24.8. The summed E-state index contributed by atoms with van der Waals surface area (Å²) in [6, 6.07) is 9.96. The smallest absolute Gasteiger partial charge is 0.321 e. The van der Waals surface area contributed by atoms with Crippen molar-refractivity contribution >= 4 is 44.2 Å². The molecule has 4 rings (SSSR count). The minimum Gasteiger partial charge on any atom is -0.461 e. The number of nitrogens with zero attached hydrogens (tertiary/aromatic N) is 1. The molecule has 1 fully saturated rings. The zero-order chi connectivity index (χ0) is 27.0. The van der Waals surface area contributed by atoms with Gasteiger partial charge in [0.25, 0.3) is 5.91 Å². The van der Waals surface area contributed by atoms with Crippen LogP contribution in [0.1, 0.15) is 27.7 Å². The topological polar surface area (TPSA) is 124 Å². The average molecular weight is 553 g/mol. The Morgan fingerprint density at radius 2 is 1.92 bits per heavy atom. The second-order valence-corrected chi connectivity index (χ2v) is 11.5. The SMILES string of the molecule is Cc1cc(Cl)c2cc(C(=O)NC(CO)c3ccc(S(=O)(=O)CC(=O)OCC4(F)COC4)cc3)n(C)c2c1.